The van der Waals surface area contributed by atoms with E-state index in [-0.39, 0.29) is 6.04 Å². The molecule has 0 saturated carbocycles. The van der Waals surface area contributed by atoms with Crippen LogP contribution in [0.25, 0.3) is 0 Å². The van der Waals surface area contributed by atoms with E-state index in [1.54, 1.807) is 11.3 Å². The molecule has 0 aliphatic carbocycles. The first-order chi connectivity index (χ1) is 7.78. The topological polar surface area (TPSA) is 43.8 Å². The van der Waals surface area contributed by atoms with Gasteiger partial charge in [0, 0.05) is 29.5 Å². The fourth-order valence-corrected chi connectivity index (χ4v) is 2.26. The average Bonchev–Trinajstić information content (AvgIpc) is 2.91. The molecule has 16 heavy (non-hydrogen) atoms. The summed E-state index contributed by atoms with van der Waals surface area (Å²) in [7, 11) is 0. The van der Waals surface area contributed by atoms with E-state index in [1.165, 1.54) is 10.4 Å². The fourth-order valence-electron chi connectivity index (χ4n) is 1.66. The lowest BCUT2D eigenvalue weighted by atomic mass is 10.1. The molecule has 0 fully saturated rings. The lowest BCUT2D eigenvalue weighted by Crippen LogP contribution is -2.21. The molecule has 4 heteroatoms. The highest BCUT2D eigenvalue weighted by Gasteiger charge is 2.03. The predicted molar refractivity (Wildman–Crippen MR) is 67.6 cm³/mol. The summed E-state index contributed by atoms with van der Waals surface area (Å²) in [5.41, 5.74) is 9.12. The van der Waals surface area contributed by atoms with Gasteiger partial charge in [0.1, 0.15) is 0 Å². The molecule has 2 aromatic rings. The molecule has 0 aliphatic rings. The maximum atomic E-state index is 5.93. The first-order valence-electron chi connectivity index (χ1n) is 5.55. The van der Waals surface area contributed by atoms with Gasteiger partial charge in [-0.3, -0.25) is 4.98 Å². The van der Waals surface area contributed by atoms with Crippen molar-refractivity contribution in [1.82, 2.24) is 9.55 Å². The average molecular weight is 235 g/mol. The van der Waals surface area contributed by atoms with Crippen LogP contribution in [0.1, 0.15) is 23.8 Å². The van der Waals surface area contributed by atoms with Crippen LogP contribution in [-0.2, 0) is 13.0 Å². The van der Waals surface area contributed by atoms with Crippen molar-refractivity contribution in [3.63, 3.8) is 0 Å². The number of hydrogen-bond donors (Lipinski definition) is 1. The van der Waals surface area contributed by atoms with Gasteiger partial charge >= 0.3 is 0 Å². The monoisotopic (exact) mass is 235 g/mol. The SMILES string of the molecule is CCC(N)Cc1ccn(Cc2cncs2)c1. The first-order valence-corrected chi connectivity index (χ1v) is 6.43. The largest absolute Gasteiger partial charge is 0.349 e. The Kier molecular flexibility index (Phi) is 3.74. The van der Waals surface area contributed by atoms with Crippen LogP contribution >= 0.6 is 11.3 Å². The quantitative estimate of drug-likeness (QED) is 0.864. The Morgan fingerprint density at radius 3 is 3.12 bits per heavy atom. The summed E-state index contributed by atoms with van der Waals surface area (Å²) in [6.07, 6.45) is 8.20. The minimum absolute atomic E-state index is 0.277. The van der Waals surface area contributed by atoms with Crippen molar-refractivity contribution in [3.05, 3.63) is 40.6 Å². The van der Waals surface area contributed by atoms with E-state index in [4.69, 9.17) is 5.73 Å². The second-order valence-electron chi connectivity index (χ2n) is 4.03. The van der Waals surface area contributed by atoms with Gasteiger partial charge in [-0.15, -0.1) is 11.3 Å². The van der Waals surface area contributed by atoms with Crippen LogP contribution < -0.4 is 5.73 Å². The molecule has 2 aromatic heterocycles. The number of hydrogen-bond acceptors (Lipinski definition) is 3. The molecule has 0 amide bonds. The van der Waals surface area contributed by atoms with Crippen molar-refractivity contribution in [2.75, 3.05) is 0 Å². The van der Waals surface area contributed by atoms with E-state index < -0.39 is 0 Å². The van der Waals surface area contributed by atoms with Crippen LogP contribution in [0.5, 0.6) is 0 Å². The van der Waals surface area contributed by atoms with Gasteiger partial charge in [0.2, 0.25) is 0 Å². The molecular formula is C12H17N3S. The molecule has 2 N–H and O–H groups in total. The number of aromatic nitrogens is 2. The molecule has 2 heterocycles. The maximum Gasteiger partial charge on any atom is 0.0794 e. The Bertz CT molecular complexity index is 419. The molecule has 1 atom stereocenters. The Labute approximate surface area is 99.9 Å². The van der Waals surface area contributed by atoms with Crippen LogP contribution in [0.2, 0.25) is 0 Å². The number of nitrogens with two attached hydrogens (primary N) is 1. The second kappa shape index (κ2) is 5.27. The minimum Gasteiger partial charge on any atom is -0.349 e. The van der Waals surface area contributed by atoms with E-state index >= 15 is 0 Å². The minimum atomic E-state index is 0.277. The Balaban J connectivity index is 1.97. The van der Waals surface area contributed by atoms with Gasteiger partial charge in [0.25, 0.3) is 0 Å². The lowest BCUT2D eigenvalue weighted by Gasteiger charge is -2.05. The highest BCUT2D eigenvalue weighted by molar-refractivity contribution is 7.09. The third-order valence-corrected chi connectivity index (χ3v) is 3.42. The zero-order chi connectivity index (χ0) is 11.4. The van der Waals surface area contributed by atoms with Crippen molar-refractivity contribution >= 4 is 11.3 Å². The Morgan fingerprint density at radius 2 is 2.44 bits per heavy atom. The van der Waals surface area contributed by atoms with Gasteiger partial charge in [-0.05, 0) is 24.5 Å². The Morgan fingerprint density at radius 1 is 1.56 bits per heavy atom. The van der Waals surface area contributed by atoms with Crippen molar-refractivity contribution in [3.8, 4) is 0 Å². The molecule has 2 rings (SSSR count). The third-order valence-electron chi connectivity index (χ3n) is 2.66. The molecule has 0 radical (unpaired) electrons. The third kappa shape index (κ3) is 2.93. The summed E-state index contributed by atoms with van der Waals surface area (Å²) in [5, 5.41) is 0. The zero-order valence-corrected chi connectivity index (χ0v) is 10.3. The summed E-state index contributed by atoms with van der Waals surface area (Å²) < 4.78 is 2.19. The van der Waals surface area contributed by atoms with E-state index in [0.717, 1.165) is 19.4 Å². The van der Waals surface area contributed by atoms with Gasteiger partial charge in [-0.25, -0.2) is 0 Å². The Hall–Kier alpha value is -1.13. The second-order valence-corrected chi connectivity index (χ2v) is 5.00. The van der Waals surface area contributed by atoms with E-state index in [0.29, 0.717) is 0 Å². The van der Waals surface area contributed by atoms with Gasteiger partial charge in [0.05, 0.1) is 12.1 Å². The molecule has 0 spiro atoms. The highest BCUT2D eigenvalue weighted by atomic mass is 32.1. The van der Waals surface area contributed by atoms with E-state index in [9.17, 15) is 0 Å². The van der Waals surface area contributed by atoms with Gasteiger partial charge < -0.3 is 10.3 Å². The van der Waals surface area contributed by atoms with E-state index in [1.807, 2.05) is 11.7 Å². The van der Waals surface area contributed by atoms with Crippen molar-refractivity contribution in [2.24, 2.45) is 5.73 Å². The summed E-state index contributed by atoms with van der Waals surface area (Å²) in [5.74, 6) is 0. The first kappa shape index (κ1) is 11.4. The molecule has 0 bridgehead atoms. The lowest BCUT2D eigenvalue weighted by molar-refractivity contribution is 0.645. The molecule has 0 saturated heterocycles. The molecule has 0 aliphatic heterocycles. The van der Waals surface area contributed by atoms with Crippen LogP contribution in [-0.4, -0.2) is 15.6 Å². The van der Waals surface area contributed by atoms with Crippen LogP contribution in [0, 0.1) is 0 Å². The van der Waals surface area contributed by atoms with Gasteiger partial charge in [0.15, 0.2) is 0 Å². The molecule has 0 aromatic carbocycles. The maximum absolute atomic E-state index is 5.93. The molecule has 3 nitrogen and oxygen atoms in total. The molecular weight excluding hydrogens is 218 g/mol. The summed E-state index contributed by atoms with van der Waals surface area (Å²) in [6.45, 7) is 3.03. The van der Waals surface area contributed by atoms with Gasteiger partial charge in [-0.2, -0.15) is 0 Å². The van der Waals surface area contributed by atoms with Crippen LogP contribution in [0.3, 0.4) is 0 Å². The van der Waals surface area contributed by atoms with Crippen molar-refractivity contribution < 1.29 is 0 Å². The summed E-state index contributed by atoms with van der Waals surface area (Å²) >= 11 is 1.69. The summed E-state index contributed by atoms with van der Waals surface area (Å²) in [4.78, 5) is 5.35. The van der Waals surface area contributed by atoms with Crippen molar-refractivity contribution in [1.29, 1.82) is 0 Å². The highest BCUT2D eigenvalue weighted by Crippen LogP contribution is 2.11. The van der Waals surface area contributed by atoms with E-state index in [2.05, 4.69) is 34.9 Å². The van der Waals surface area contributed by atoms with Gasteiger partial charge in [-0.1, -0.05) is 6.92 Å². The number of rotatable bonds is 5. The molecule has 1 unspecified atom stereocenters. The number of thiazole rings is 1. The fraction of sp³-hybridized carbons (Fsp3) is 0.417. The van der Waals surface area contributed by atoms with Crippen LogP contribution in [0.15, 0.2) is 30.2 Å². The smallest absolute Gasteiger partial charge is 0.0794 e. The normalized spacial score (nSPS) is 12.9. The molecule has 86 valence electrons. The summed E-state index contributed by atoms with van der Waals surface area (Å²) in [6, 6.07) is 2.43. The standard InChI is InChI=1S/C12H17N3S/c1-2-11(13)5-10-3-4-15(7-10)8-12-6-14-9-16-12/h3-4,6-7,9,11H,2,5,8,13H2,1H3. The van der Waals surface area contributed by atoms with Crippen LogP contribution in [0.4, 0.5) is 0 Å². The van der Waals surface area contributed by atoms with Crippen molar-refractivity contribution in [2.45, 2.75) is 32.4 Å². The predicted octanol–water partition coefficient (Wildman–Crippen LogP) is 2.27. The number of nitrogens with zero attached hydrogens (tertiary/aromatic N) is 2. The zero-order valence-electron chi connectivity index (χ0n) is 9.47.